The summed E-state index contributed by atoms with van der Waals surface area (Å²) in [6, 6.07) is 8.03. The molecule has 1 aromatic carbocycles. The molecule has 0 spiro atoms. The topological polar surface area (TPSA) is 114 Å². The number of carbonyl (C=O) groups is 4. The molecule has 3 N–H and O–H groups in total. The van der Waals surface area contributed by atoms with Gasteiger partial charge in [0.2, 0.25) is 11.8 Å². The Morgan fingerprint density at radius 3 is 2.42 bits per heavy atom. The minimum absolute atomic E-state index is 0.247. The summed E-state index contributed by atoms with van der Waals surface area (Å²) >= 11 is 1.49. The molecule has 0 bridgehead atoms. The molecule has 0 fully saturated rings. The highest BCUT2D eigenvalue weighted by molar-refractivity contribution is 7.98. The van der Waals surface area contributed by atoms with Crippen LogP contribution in [-0.2, 0) is 29.7 Å². The van der Waals surface area contributed by atoms with Crippen molar-refractivity contribution in [2.75, 3.05) is 19.4 Å². The standard InChI is InChI=1S/C24H29N3O5S/c1-16(2)21(27-20(28)13-25-22(29)18-11-7-8-12-18)23(30)26-19(24(31)32-3)15-33-14-17-9-5-4-6-10-17/h4-11,16,19,21H,13-15H2,1-3H3,(H,25,29)(H,26,30)(H,27,28)/t19-,21-/m0/s1. The monoisotopic (exact) mass is 471 g/mol. The quantitative estimate of drug-likeness (QED) is 0.314. The molecule has 176 valence electrons. The van der Waals surface area contributed by atoms with Crippen molar-refractivity contribution in [3.05, 3.63) is 65.4 Å². The average Bonchev–Trinajstić information content (AvgIpc) is 3.35. The number of rotatable bonds is 12. The number of esters is 1. The summed E-state index contributed by atoms with van der Waals surface area (Å²) in [6.07, 6.45) is 4.86. The predicted octanol–water partition coefficient (Wildman–Crippen LogP) is 1.49. The fraction of sp³-hybridized carbons (Fsp3) is 0.375. The van der Waals surface area contributed by atoms with Crippen molar-refractivity contribution in [2.45, 2.75) is 31.7 Å². The van der Waals surface area contributed by atoms with E-state index in [-0.39, 0.29) is 12.5 Å². The second-order valence-electron chi connectivity index (χ2n) is 7.64. The number of benzene rings is 1. The van der Waals surface area contributed by atoms with Gasteiger partial charge in [0.25, 0.3) is 5.91 Å². The third-order valence-electron chi connectivity index (χ3n) is 4.72. The summed E-state index contributed by atoms with van der Waals surface area (Å²) in [6.45, 7) is 3.26. The Balaban J connectivity index is 1.90. The maximum atomic E-state index is 12.9. The number of thioether (sulfide) groups is 1. The van der Waals surface area contributed by atoms with Gasteiger partial charge in [-0.05, 0) is 23.6 Å². The molecule has 1 aromatic rings. The molecule has 2 atom stereocenters. The van der Waals surface area contributed by atoms with Crippen LogP contribution in [0.3, 0.4) is 0 Å². The highest BCUT2D eigenvalue weighted by atomic mass is 32.2. The van der Waals surface area contributed by atoms with Crippen molar-refractivity contribution in [3.8, 4) is 0 Å². The van der Waals surface area contributed by atoms with E-state index >= 15 is 0 Å². The van der Waals surface area contributed by atoms with Crippen molar-refractivity contribution in [1.82, 2.24) is 16.0 Å². The van der Waals surface area contributed by atoms with Gasteiger partial charge in [-0.15, -0.1) is 5.73 Å². The van der Waals surface area contributed by atoms with Gasteiger partial charge in [-0.25, -0.2) is 4.79 Å². The SMILES string of the molecule is COC(=O)[C@H](CSCc1ccccc1)NC(=O)[C@@H](NC(=O)CNC(=O)C1=C=CC=C1)C(C)C. The van der Waals surface area contributed by atoms with Crippen molar-refractivity contribution < 1.29 is 23.9 Å². The lowest BCUT2D eigenvalue weighted by molar-refractivity contribution is -0.144. The van der Waals surface area contributed by atoms with Gasteiger partial charge in [0.15, 0.2) is 0 Å². The van der Waals surface area contributed by atoms with Gasteiger partial charge in [0.05, 0.1) is 19.2 Å². The van der Waals surface area contributed by atoms with Gasteiger partial charge in [-0.3, -0.25) is 14.4 Å². The van der Waals surface area contributed by atoms with Crippen LogP contribution in [0.25, 0.3) is 0 Å². The van der Waals surface area contributed by atoms with E-state index in [0.29, 0.717) is 17.1 Å². The Kier molecular flexibility index (Phi) is 10.5. The number of hydrogen-bond acceptors (Lipinski definition) is 6. The summed E-state index contributed by atoms with van der Waals surface area (Å²) in [5.41, 5.74) is 4.18. The molecule has 8 nitrogen and oxygen atoms in total. The number of methoxy groups -OCH3 is 1. The zero-order valence-corrected chi connectivity index (χ0v) is 19.7. The van der Waals surface area contributed by atoms with Crippen molar-refractivity contribution >= 4 is 35.5 Å². The number of hydrogen-bond donors (Lipinski definition) is 3. The van der Waals surface area contributed by atoms with Crippen molar-refractivity contribution in [3.63, 3.8) is 0 Å². The smallest absolute Gasteiger partial charge is 0.329 e. The van der Waals surface area contributed by atoms with E-state index < -0.39 is 35.8 Å². The molecule has 0 unspecified atom stereocenters. The Morgan fingerprint density at radius 1 is 1.09 bits per heavy atom. The zero-order chi connectivity index (χ0) is 24.2. The zero-order valence-electron chi connectivity index (χ0n) is 18.9. The lowest BCUT2D eigenvalue weighted by Crippen LogP contribution is -2.55. The highest BCUT2D eigenvalue weighted by Crippen LogP contribution is 2.14. The van der Waals surface area contributed by atoms with Crippen molar-refractivity contribution in [2.24, 2.45) is 5.92 Å². The molecule has 3 amide bonds. The first kappa shape index (κ1) is 26.0. The van der Waals surface area contributed by atoms with Gasteiger partial charge in [-0.1, -0.05) is 50.3 Å². The van der Waals surface area contributed by atoms with Gasteiger partial charge in [0.1, 0.15) is 12.1 Å². The van der Waals surface area contributed by atoms with E-state index in [9.17, 15) is 19.2 Å². The molecule has 0 saturated carbocycles. The first-order chi connectivity index (χ1) is 15.8. The van der Waals surface area contributed by atoms with Gasteiger partial charge in [0, 0.05) is 11.5 Å². The molecule has 0 saturated heterocycles. The lowest BCUT2D eigenvalue weighted by atomic mass is 10.0. The summed E-state index contributed by atoms with van der Waals surface area (Å²) in [5.74, 6) is -1.25. The maximum absolute atomic E-state index is 12.9. The number of nitrogens with one attached hydrogen (secondary N) is 3. The van der Waals surface area contributed by atoms with Crippen LogP contribution in [-0.4, -0.2) is 55.2 Å². The Bertz CT molecular complexity index is 952. The first-order valence-corrected chi connectivity index (χ1v) is 11.7. The molecule has 0 heterocycles. The van der Waals surface area contributed by atoms with Crippen LogP contribution in [0.2, 0.25) is 0 Å². The number of amides is 3. The molecule has 0 aromatic heterocycles. The number of ether oxygens (including phenoxy) is 1. The van der Waals surface area contributed by atoms with E-state index in [4.69, 9.17) is 4.74 Å². The summed E-state index contributed by atoms with van der Waals surface area (Å²) in [4.78, 5) is 49.4. The van der Waals surface area contributed by atoms with Crippen LogP contribution in [0.5, 0.6) is 0 Å². The van der Waals surface area contributed by atoms with Crippen LogP contribution in [0, 0.1) is 5.92 Å². The minimum atomic E-state index is -0.883. The molecule has 1 aliphatic carbocycles. The summed E-state index contributed by atoms with van der Waals surface area (Å²) in [5, 5.41) is 7.80. The van der Waals surface area contributed by atoms with E-state index in [0.717, 1.165) is 5.56 Å². The van der Waals surface area contributed by atoms with Crippen LogP contribution in [0.4, 0.5) is 0 Å². The van der Waals surface area contributed by atoms with E-state index in [1.54, 1.807) is 32.1 Å². The Hall–Kier alpha value is -3.29. The predicted molar refractivity (Wildman–Crippen MR) is 127 cm³/mol. The second-order valence-corrected chi connectivity index (χ2v) is 8.67. The molecule has 33 heavy (non-hydrogen) atoms. The second kappa shape index (κ2) is 13.3. The van der Waals surface area contributed by atoms with Gasteiger partial charge >= 0.3 is 5.97 Å². The maximum Gasteiger partial charge on any atom is 0.329 e. The molecule has 9 heteroatoms. The lowest BCUT2D eigenvalue weighted by Gasteiger charge is -2.24. The summed E-state index contributed by atoms with van der Waals surface area (Å²) < 4.78 is 4.83. The molecule has 0 radical (unpaired) electrons. The Morgan fingerprint density at radius 2 is 1.82 bits per heavy atom. The molecular formula is C24H29N3O5S. The van der Waals surface area contributed by atoms with Crippen LogP contribution in [0.1, 0.15) is 19.4 Å². The van der Waals surface area contributed by atoms with E-state index in [2.05, 4.69) is 21.7 Å². The number of carbonyl (C=O) groups excluding carboxylic acids is 4. The highest BCUT2D eigenvalue weighted by Gasteiger charge is 2.29. The van der Waals surface area contributed by atoms with Crippen LogP contribution >= 0.6 is 11.8 Å². The molecular weight excluding hydrogens is 442 g/mol. The van der Waals surface area contributed by atoms with Gasteiger partial charge < -0.3 is 20.7 Å². The Labute approximate surface area is 197 Å². The van der Waals surface area contributed by atoms with Crippen molar-refractivity contribution in [1.29, 1.82) is 0 Å². The fourth-order valence-corrected chi connectivity index (χ4v) is 3.93. The van der Waals surface area contributed by atoms with Gasteiger partial charge in [-0.2, -0.15) is 11.8 Å². The average molecular weight is 472 g/mol. The number of allylic oxidation sites excluding steroid dienone is 1. The van der Waals surface area contributed by atoms with E-state index in [1.165, 1.54) is 18.9 Å². The molecule has 0 aliphatic heterocycles. The third kappa shape index (κ3) is 8.63. The normalized spacial score (nSPS) is 13.8. The minimum Gasteiger partial charge on any atom is -0.467 e. The van der Waals surface area contributed by atoms with Crippen LogP contribution < -0.4 is 16.0 Å². The summed E-state index contributed by atoms with van der Waals surface area (Å²) in [7, 11) is 1.26. The first-order valence-electron chi connectivity index (χ1n) is 10.5. The molecule has 2 rings (SSSR count). The van der Waals surface area contributed by atoms with E-state index in [1.807, 2.05) is 30.3 Å². The fourth-order valence-electron chi connectivity index (χ4n) is 2.93. The third-order valence-corrected chi connectivity index (χ3v) is 5.82. The molecule has 1 aliphatic rings. The van der Waals surface area contributed by atoms with Crippen LogP contribution in [0.15, 0.2) is 59.9 Å². The largest absolute Gasteiger partial charge is 0.467 e.